The molecule has 2 atom stereocenters. The van der Waals surface area contributed by atoms with E-state index in [9.17, 15) is 4.79 Å². The van der Waals surface area contributed by atoms with E-state index in [0.29, 0.717) is 29.4 Å². The van der Waals surface area contributed by atoms with Gasteiger partial charge in [-0.1, -0.05) is 63.6 Å². The molecule has 2 aliphatic rings. The number of benzene rings is 2. The van der Waals surface area contributed by atoms with Crippen LogP contribution in [-0.2, 0) is 19.4 Å². The van der Waals surface area contributed by atoms with E-state index >= 15 is 0 Å². The van der Waals surface area contributed by atoms with Gasteiger partial charge in [-0.15, -0.1) is 11.3 Å². The molecule has 2 heterocycles. The minimum Gasteiger partial charge on any atom is -0.493 e. The molecule has 1 aliphatic heterocycles. The Morgan fingerprint density at radius 3 is 2.63 bits per heavy atom. The smallest absolute Gasteiger partial charge is 0.256 e. The number of fused-ring (bicyclic) bond motifs is 3. The van der Waals surface area contributed by atoms with E-state index < -0.39 is 0 Å². The number of rotatable bonds is 7. The quantitative estimate of drug-likeness (QED) is 0.385. The summed E-state index contributed by atoms with van der Waals surface area (Å²) in [6, 6.07) is 15.9. The predicted molar refractivity (Wildman–Crippen MR) is 142 cm³/mol. The molecule has 1 aromatic heterocycles. The first-order valence-electron chi connectivity index (χ1n) is 12.5. The maximum absolute atomic E-state index is 13.2. The van der Waals surface area contributed by atoms with Gasteiger partial charge in [-0.05, 0) is 59.4 Å². The number of carbonyl (C=O) groups excluding carboxylic acids is 1. The zero-order valence-electron chi connectivity index (χ0n) is 20.9. The lowest BCUT2D eigenvalue weighted by Gasteiger charge is -2.36. The van der Waals surface area contributed by atoms with Crippen molar-refractivity contribution in [3.63, 3.8) is 0 Å². The van der Waals surface area contributed by atoms with Crippen molar-refractivity contribution < 1.29 is 14.3 Å². The summed E-state index contributed by atoms with van der Waals surface area (Å²) in [7, 11) is 1.64. The Morgan fingerprint density at radius 2 is 1.89 bits per heavy atom. The summed E-state index contributed by atoms with van der Waals surface area (Å²) in [6.07, 6.45) is 4.06. The molecule has 6 heteroatoms. The van der Waals surface area contributed by atoms with Gasteiger partial charge in [0.05, 0.1) is 12.7 Å². The van der Waals surface area contributed by atoms with E-state index in [4.69, 9.17) is 9.47 Å². The van der Waals surface area contributed by atoms with E-state index in [2.05, 4.69) is 31.4 Å². The fraction of sp³-hybridized carbons (Fsp3) is 0.414. The number of methoxy groups -OCH3 is 1. The third-order valence-electron chi connectivity index (χ3n) is 7.82. The number of thiophene rings is 1. The molecule has 5 rings (SSSR count). The van der Waals surface area contributed by atoms with Crippen LogP contribution in [0, 0.1) is 11.3 Å². The van der Waals surface area contributed by atoms with Crippen LogP contribution in [0.25, 0.3) is 0 Å². The number of hydrogen-bond donors (Lipinski definition) is 2. The van der Waals surface area contributed by atoms with Crippen LogP contribution < -0.4 is 20.1 Å². The van der Waals surface area contributed by atoms with E-state index in [1.54, 1.807) is 18.4 Å². The molecule has 3 aromatic rings. The van der Waals surface area contributed by atoms with Gasteiger partial charge in [0.15, 0.2) is 11.5 Å². The Kier molecular flexibility index (Phi) is 6.49. The standard InChI is InChI=1S/C29H34N2O3S/c1-5-29(2,3)20-12-13-21-24(16-20)35-28-25(21)27(32)30-26(31-28)19-11-14-22(23(15-19)33-4)34-17-18-9-7-6-8-10-18/h6-11,14-15,20,26,31H,5,12-13,16-17H2,1-4H3,(H,30,32)/t20-,26-/m0/s1. The summed E-state index contributed by atoms with van der Waals surface area (Å²) in [6.45, 7) is 7.49. The Hall–Kier alpha value is -2.99. The molecule has 184 valence electrons. The van der Waals surface area contributed by atoms with Crippen molar-refractivity contribution >= 4 is 22.2 Å². The molecule has 2 N–H and O–H groups in total. The van der Waals surface area contributed by atoms with Crippen molar-refractivity contribution in [1.82, 2.24) is 5.32 Å². The van der Waals surface area contributed by atoms with Gasteiger partial charge in [-0.3, -0.25) is 4.79 Å². The first kappa shape index (κ1) is 23.7. The van der Waals surface area contributed by atoms with E-state index in [1.165, 1.54) is 16.9 Å². The van der Waals surface area contributed by atoms with Crippen molar-refractivity contribution in [3.05, 3.63) is 75.7 Å². The average Bonchev–Trinajstić information content (AvgIpc) is 3.26. The molecule has 0 unspecified atom stereocenters. The van der Waals surface area contributed by atoms with Crippen molar-refractivity contribution in [2.24, 2.45) is 11.3 Å². The molecular weight excluding hydrogens is 456 g/mol. The van der Waals surface area contributed by atoms with Gasteiger partial charge < -0.3 is 20.1 Å². The minimum absolute atomic E-state index is 0.0119. The highest BCUT2D eigenvalue weighted by Crippen LogP contribution is 2.47. The highest BCUT2D eigenvalue weighted by atomic mass is 32.1. The third kappa shape index (κ3) is 4.64. The molecule has 1 amide bonds. The van der Waals surface area contributed by atoms with Crippen LogP contribution in [0.2, 0.25) is 0 Å². The monoisotopic (exact) mass is 490 g/mol. The molecule has 1 aliphatic carbocycles. The van der Waals surface area contributed by atoms with Gasteiger partial charge >= 0.3 is 0 Å². The largest absolute Gasteiger partial charge is 0.493 e. The SMILES string of the molecule is CCC(C)(C)[C@H]1CCc2c(sc3c2C(=O)N[C@H](c2ccc(OCc4ccccc4)c(OC)c2)N3)C1. The zero-order valence-corrected chi connectivity index (χ0v) is 21.8. The van der Waals surface area contributed by atoms with Crippen LogP contribution in [0.15, 0.2) is 48.5 Å². The number of anilines is 1. The second-order valence-corrected chi connectivity index (χ2v) is 11.3. The van der Waals surface area contributed by atoms with E-state index in [-0.39, 0.29) is 12.1 Å². The fourth-order valence-corrected chi connectivity index (χ4v) is 6.49. The maximum atomic E-state index is 13.2. The predicted octanol–water partition coefficient (Wildman–Crippen LogP) is 6.73. The van der Waals surface area contributed by atoms with Crippen LogP contribution >= 0.6 is 11.3 Å². The van der Waals surface area contributed by atoms with Crippen molar-refractivity contribution in [2.45, 2.75) is 59.2 Å². The van der Waals surface area contributed by atoms with Crippen LogP contribution in [0.3, 0.4) is 0 Å². The van der Waals surface area contributed by atoms with Crippen molar-refractivity contribution in [2.75, 3.05) is 12.4 Å². The lowest BCUT2D eigenvalue weighted by Crippen LogP contribution is -2.38. The Morgan fingerprint density at radius 1 is 1.09 bits per heavy atom. The lowest BCUT2D eigenvalue weighted by atomic mass is 9.69. The lowest BCUT2D eigenvalue weighted by molar-refractivity contribution is 0.0934. The number of ether oxygens (including phenoxy) is 2. The van der Waals surface area contributed by atoms with Crippen LogP contribution in [-0.4, -0.2) is 13.0 Å². The normalized spacial score (nSPS) is 19.3. The van der Waals surface area contributed by atoms with Crippen molar-refractivity contribution in [3.8, 4) is 11.5 Å². The second-order valence-electron chi connectivity index (χ2n) is 10.2. The van der Waals surface area contributed by atoms with Crippen LogP contribution in [0.5, 0.6) is 11.5 Å². The number of amides is 1. The molecule has 0 saturated carbocycles. The first-order chi connectivity index (χ1) is 16.9. The van der Waals surface area contributed by atoms with Gasteiger partial charge in [-0.2, -0.15) is 0 Å². The van der Waals surface area contributed by atoms with Gasteiger partial charge in [-0.25, -0.2) is 0 Å². The summed E-state index contributed by atoms with van der Waals surface area (Å²) < 4.78 is 11.6. The van der Waals surface area contributed by atoms with Gasteiger partial charge in [0.2, 0.25) is 0 Å². The number of nitrogens with one attached hydrogen (secondary N) is 2. The van der Waals surface area contributed by atoms with Gasteiger partial charge in [0, 0.05) is 4.88 Å². The highest BCUT2D eigenvalue weighted by Gasteiger charge is 2.37. The molecule has 0 bridgehead atoms. The molecule has 0 saturated heterocycles. The third-order valence-corrected chi connectivity index (χ3v) is 9.00. The average molecular weight is 491 g/mol. The molecular formula is C29H34N2O3S. The Bertz CT molecular complexity index is 1220. The van der Waals surface area contributed by atoms with Crippen molar-refractivity contribution in [1.29, 1.82) is 0 Å². The summed E-state index contributed by atoms with van der Waals surface area (Å²) in [5, 5.41) is 7.74. The van der Waals surface area contributed by atoms with Crippen LogP contribution in [0.1, 0.15) is 71.7 Å². The molecule has 2 aromatic carbocycles. The van der Waals surface area contributed by atoms with E-state index in [0.717, 1.165) is 41.0 Å². The summed E-state index contributed by atoms with van der Waals surface area (Å²) in [5.41, 5.74) is 4.45. The summed E-state index contributed by atoms with van der Waals surface area (Å²) in [4.78, 5) is 14.6. The molecule has 5 nitrogen and oxygen atoms in total. The fourth-order valence-electron chi connectivity index (χ4n) is 5.14. The molecule has 0 radical (unpaired) electrons. The first-order valence-corrected chi connectivity index (χ1v) is 13.3. The molecule has 0 fully saturated rings. The Balaban J connectivity index is 1.35. The molecule has 35 heavy (non-hydrogen) atoms. The van der Waals surface area contributed by atoms with Crippen LogP contribution in [0.4, 0.5) is 5.00 Å². The second kappa shape index (κ2) is 9.57. The minimum atomic E-state index is -0.310. The van der Waals surface area contributed by atoms with E-state index in [1.807, 2.05) is 48.5 Å². The number of carbonyl (C=O) groups is 1. The Labute approximate surface area is 211 Å². The highest BCUT2D eigenvalue weighted by molar-refractivity contribution is 7.16. The zero-order chi connectivity index (χ0) is 24.6. The summed E-state index contributed by atoms with van der Waals surface area (Å²) >= 11 is 1.76. The number of hydrogen-bond acceptors (Lipinski definition) is 5. The topological polar surface area (TPSA) is 59.6 Å². The molecule has 0 spiro atoms. The van der Waals surface area contributed by atoms with Gasteiger partial charge in [0.25, 0.3) is 5.91 Å². The maximum Gasteiger partial charge on any atom is 0.256 e. The summed E-state index contributed by atoms with van der Waals surface area (Å²) in [5.74, 6) is 2.00. The van der Waals surface area contributed by atoms with Gasteiger partial charge in [0.1, 0.15) is 17.8 Å².